The molecule has 0 amide bonds. The van der Waals surface area contributed by atoms with E-state index in [0.29, 0.717) is 12.3 Å². The van der Waals surface area contributed by atoms with Gasteiger partial charge in [-0.1, -0.05) is 12.1 Å². The van der Waals surface area contributed by atoms with Gasteiger partial charge in [-0.3, -0.25) is 0 Å². The summed E-state index contributed by atoms with van der Waals surface area (Å²) in [7, 11) is -1.77. The van der Waals surface area contributed by atoms with Gasteiger partial charge in [-0.25, -0.2) is 8.42 Å². The minimum absolute atomic E-state index is 0.133. The number of ether oxygens (including phenoxy) is 1. The Morgan fingerprint density at radius 3 is 2.59 bits per heavy atom. The monoisotopic (exact) mass is 259 g/mol. The first-order chi connectivity index (χ1) is 7.99. The number of sulfone groups is 1. The Balaban J connectivity index is 2.98. The van der Waals surface area contributed by atoms with Gasteiger partial charge in [0.15, 0.2) is 9.84 Å². The quantitative estimate of drug-likeness (QED) is 0.778. The van der Waals surface area contributed by atoms with Crippen LogP contribution >= 0.6 is 0 Å². The van der Waals surface area contributed by atoms with Crippen LogP contribution in [-0.4, -0.2) is 46.1 Å². The lowest BCUT2D eigenvalue weighted by Gasteiger charge is -2.18. The summed E-state index contributed by atoms with van der Waals surface area (Å²) in [4.78, 5) is 0.217. The average molecular weight is 259 g/mol. The van der Waals surface area contributed by atoms with Crippen molar-refractivity contribution in [2.75, 3.05) is 31.9 Å². The Labute approximate surface area is 101 Å². The van der Waals surface area contributed by atoms with Crippen molar-refractivity contribution in [1.29, 1.82) is 0 Å². The van der Waals surface area contributed by atoms with Crippen molar-refractivity contribution >= 4 is 15.5 Å². The molecule has 5 nitrogen and oxygen atoms in total. The second kappa shape index (κ2) is 6.00. The number of rotatable bonds is 6. The van der Waals surface area contributed by atoms with E-state index in [2.05, 4.69) is 5.32 Å². The smallest absolute Gasteiger partial charge is 0.177 e. The van der Waals surface area contributed by atoms with Crippen molar-refractivity contribution in [2.45, 2.75) is 10.9 Å². The van der Waals surface area contributed by atoms with Crippen LogP contribution in [0.3, 0.4) is 0 Å². The van der Waals surface area contributed by atoms with Crippen LogP contribution in [0.1, 0.15) is 0 Å². The number of nitrogens with one attached hydrogen (secondary N) is 1. The molecule has 0 aliphatic heterocycles. The maximum Gasteiger partial charge on any atom is 0.177 e. The summed E-state index contributed by atoms with van der Waals surface area (Å²) in [5.41, 5.74) is 0.478. The van der Waals surface area contributed by atoms with Crippen LogP contribution in [0.2, 0.25) is 0 Å². The highest BCUT2D eigenvalue weighted by molar-refractivity contribution is 7.90. The summed E-state index contributed by atoms with van der Waals surface area (Å²) in [6.07, 6.45) is 1.15. The van der Waals surface area contributed by atoms with Crippen molar-refractivity contribution < 1.29 is 18.3 Å². The van der Waals surface area contributed by atoms with E-state index < -0.39 is 9.84 Å². The lowest BCUT2D eigenvalue weighted by molar-refractivity contribution is 0.153. The van der Waals surface area contributed by atoms with Crippen molar-refractivity contribution in [1.82, 2.24) is 0 Å². The molecule has 1 aromatic carbocycles. The van der Waals surface area contributed by atoms with Gasteiger partial charge in [-0.05, 0) is 12.1 Å². The van der Waals surface area contributed by atoms with Crippen molar-refractivity contribution in [3.8, 4) is 0 Å². The first-order valence-corrected chi connectivity index (χ1v) is 7.03. The van der Waals surface area contributed by atoms with Crippen LogP contribution in [0.5, 0.6) is 0 Å². The summed E-state index contributed by atoms with van der Waals surface area (Å²) < 4.78 is 28.0. The van der Waals surface area contributed by atoms with Crippen LogP contribution in [0.25, 0.3) is 0 Å². The molecular formula is C11H17NO4S. The minimum Gasteiger partial charge on any atom is -0.394 e. The Morgan fingerprint density at radius 1 is 1.41 bits per heavy atom. The third-order valence-electron chi connectivity index (χ3n) is 2.23. The summed E-state index contributed by atoms with van der Waals surface area (Å²) in [6.45, 7) is 0.167. The predicted octanol–water partition coefficient (Wildman–Crippen LogP) is 0.509. The standard InChI is InChI=1S/C11H17NO4S/c1-16-8-9(7-13)12-10-5-3-4-6-11(10)17(2,14)15/h3-6,9,12-13H,7-8H2,1-2H3. The highest BCUT2D eigenvalue weighted by Gasteiger charge is 2.15. The largest absolute Gasteiger partial charge is 0.394 e. The first-order valence-electron chi connectivity index (χ1n) is 5.14. The molecule has 0 aliphatic carbocycles. The van der Waals surface area contributed by atoms with Crippen LogP contribution in [-0.2, 0) is 14.6 Å². The molecule has 0 aliphatic rings. The molecule has 0 bridgehead atoms. The predicted molar refractivity (Wildman–Crippen MR) is 65.9 cm³/mol. The number of para-hydroxylation sites is 1. The van der Waals surface area contributed by atoms with Gasteiger partial charge in [0.2, 0.25) is 0 Å². The van der Waals surface area contributed by atoms with E-state index in [1.54, 1.807) is 18.2 Å². The highest BCUT2D eigenvalue weighted by atomic mass is 32.2. The van der Waals surface area contributed by atoms with Crippen LogP contribution in [0.4, 0.5) is 5.69 Å². The third-order valence-corrected chi connectivity index (χ3v) is 3.39. The number of hydrogen-bond acceptors (Lipinski definition) is 5. The number of aliphatic hydroxyl groups is 1. The second-order valence-corrected chi connectivity index (χ2v) is 5.73. The summed E-state index contributed by atoms with van der Waals surface area (Å²) in [5, 5.41) is 12.1. The Hall–Kier alpha value is -1.11. The molecule has 17 heavy (non-hydrogen) atoms. The second-order valence-electron chi connectivity index (χ2n) is 3.75. The molecule has 1 aromatic rings. The number of aliphatic hydroxyl groups excluding tert-OH is 1. The SMILES string of the molecule is COCC(CO)Nc1ccccc1S(C)(=O)=O. The molecule has 0 heterocycles. The number of anilines is 1. The first kappa shape index (κ1) is 14.0. The number of methoxy groups -OCH3 is 1. The molecular weight excluding hydrogens is 242 g/mol. The van der Waals surface area contributed by atoms with Gasteiger partial charge >= 0.3 is 0 Å². The summed E-state index contributed by atoms with van der Waals surface area (Å²) in [6, 6.07) is 6.25. The van der Waals surface area contributed by atoms with Gasteiger partial charge in [0, 0.05) is 13.4 Å². The van der Waals surface area contributed by atoms with Crippen LogP contribution in [0, 0.1) is 0 Å². The van der Waals surface area contributed by atoms with Gasteiger partial charge < -0.3 is 15.2 Å². The van der Waals surface area contributed by atoms with Gasteiger partial charge in [0.05, 0.1) is 29.8 Å². The van der Waals surface area contributed by atoms with Crippen LogP contribution < -0.4 is 5.32 Å². The van der Waals surface area contributed by atoms with E-state index in [0.717, 1.165) is 6.26 Å². The lowest BCUT2D eigenvalue weighted by atomic mass is 10.2. The Kier molecular flexibility index (Phi) is 4.92. The minimum atomic E-state index is -3.29. The fraction of sp³-hybridized carbons (Fsp3) is 0.455. The van der Waals surface area contributed by atoms with Gasteiger partial charge in [-0.15, -0.1) is 0 Å². The molecule has 1 unspecified atom stereocenters. The van der Waals surface area contributed by atoms with Crippen molar-refractivity contribution in [3.05, 3.63) is 24.3 Å². The summed E-state index contributed by atoms with van der Waals surface area (Å²) in [5.74, 6) is 0. The maximum absolute atomic E-state index is 11.5. The lowest BCUT2D eigenvalue weighted by Crippen LogP contribution is -2.29. The van der Waals surface area contributed by atoms with E-state index in [1.807, 2.05) is 0 Å². The van der Waals surface area contributed by atoms with Gasteiger partial charge in [0.1, 0.15) is 0 Å². The van der Waals surface area contributed by atoms with Crippen LogP contribution in [0.15, 0.2) is 29.2 Å². The molecule has 1 rings (SSSR count). The molecule has 1 atom stereocenters. The zero-order valence-electron chi connectivity index (χ0n) is 9.88. The number of hydrogen-bond donors (Lipinski definition) is 2. The topological polar surface area (TPSA) is 75.6 Å². The van der Waals surface area contributed by atoms with Gasteiger partial charge in [-0.2, -0.15) is 0 Å². The third kappa shape index (κ3) is 3.99. The van der Waals surface area contributed by atoms with Crippen molar-refractivity contribution in [2.24, 2.45) is 0 Å². The zero-order chi connectivity index (χ0) is 12.9. The maximum atomic E-state index is 11.5. The van der Waals surface area contributed by atoms with E-state index in [4.69, 9.17) is 9.84 Å². The molecule has 0 saturated heterocycles. The molecule has 0 spiro atoms. The summed E-state index contributed by atoms with van der Waals surface area (Å²) >= 11 is 0. The molecule has 0 saturated carbocycles. The van der Waals surface area contributed by atoms with E-state index >= 15 is 0 Å². The Bertz CT molecular complexity index is 458. The molecule has 0 aromatic heterocycles. The van der Waals surface area contributed by atoms with Gasteiger partial charge in [0.25, 0.3) is 0 Å². The molecule has 96 valence electrons. The molecule has 0 fully saturated rings. The molecule has 2 N–H and O–H groups in total. The fourth-order valence-corrected chi connectivity index (χ4v) is 2.32. The molecule has 6 heteroatoms. The highest BCUT2D eigenvalue weighted by Crippen LogP contribution is 2.21. The van der Waals surface area contributed by atoms with E-state index in [-0.39, 0.29) is 17.5 Å². The zero-order valence-corrected chi connectivity index (χ0v) is 10.7. The Morgan fingerprint density at radius 2 is 2.06 bits per heavy atom. The normalized spacial score (nSPS) is 13.4. The number of benzene rings is 1. The van der Waals surface area contributed by atoms with E-state index in [1.165, 1.54) is 13.2 Å². The van der Waals surface area contributed by atoms with E-state index in [9.17, 15) is 8.42 Å². The molecule has 0 radical (unpaired) electrons. The van der Waals surface area contributed by atoms with Crippen molar-refractivity contribution in [3.63, 3.8) is 0 Å². The fourth-order valence-electron chi connectivity index (χ4n) is 1.47. The average Bonchev–Trinajstić information content (AvgIpc) is 2.27.